The van der Waals surface area contributed by atoms with E-state index >= 15 is 0 Å². The lowest BCUT2D eigenvalue weighted by atomic mass is 10.1. The third-order valence-corrected chi connectivity index (χ3v) is 3.77. The summed E-state index contributed by atoms with van der Waals surface area (Å²) in [5, 5.41) is 0. The van der Waals surface area contributed by atoms with Crippen LogP contribution in [-0.2, 0) is 11.3 Å². The van der Waals surface area contributed by atoms with Crippen LogP contribution in [0.2, 0.25) is 0 Å². The van der Waals surface area contributed by atoms with Gasteiger partial charge in [-0.25, -0.2) is 9.78 Å². The fraction of sp³-hybridized carbons (Fsp3) is 0.294. The number of fused-ring (bicyclic) bond motifs is 1. The van der Waals surface area contributed by atoms with Crippen LogP contribution in [0.4, 0.5) is 13.2 Å². The molecule has 0 aliphatic rings. The van der Waals surface area contributed by atoms with Crippen molar-refractivity contribution in [3.63, 3.8) is 0 Å². The molecule has 1 aromatic carbocycles. The number of carbonyl (C=O) groups is 1. The molecule has 0 unspecified atom stereocenters. The largest absolute Gasteiger partial charge is 0.522 e. The Hall–Kier alpha value is -3.21. The molecule has 3 aromatic rings. The molecule has 0 spiro atoms. The molecule has 0 aliphatic carbocycles. The molecule has 28 heavy (non-hydrogen) atoms. The molecule has 2 aromatic heterocycles. The number of aromatic amines is 1. The van der Waals surface area contributed by atoms with Gasteiger partial charge in [0, 0.05) is 5.56 Å². The number of carbonyl (C=O) groups excluding carboxylic acids is 1. The first-order valence-corrected chi connectivity index (χ1v) is 8.12. The molecule has 11 heteroatoms. The Labute approximate surface area is 155 Å². The fourth-order valence-electron chi connectivity index (χ4n) is 2.46. The summed E-state index contributed by atoms with van der Waals surface area (Å²) < 4.78 is 45.8. The molecular weight excluding hydrogens is 381 g/mol. The number of hydrogen-bond acceptors (Lipinski definition) is 6. The summed E-state index contributed by atoms with van der Waals surface area (Å²) >= 11 is 0. The maximum absolute atomic E-state index is 12.2. The van der Waals surface area contributed by atoms with Gasteiger partial charge in [0.25, 0.3) is 0 Å². The van der Waals surface area contributed by atoms with Crippen molar-refractivity contribution in [2.24, 2.45) is 0 Å². The Morgan fingerprint density at radius 2 is 1.93 bits per heavy atom. The summed E-state index contributed by atoms with van der Waals surface area (Å²) in [4.78, 5) is 34.1. The predicted molar refractivity (Wildman–Crippen MR) is 91.2 cm³/mol. The van der Waals surface area contributed by atoms with Crippen molar-refractivity contribution in [2.45, 2.75) is 19.8 Å². The Morgan fingerprint density at radius 1 is 1.21 bits per heavy atom. The average molecular weight is 396 g/mol. The number of imidazole rings is 1. The maximum atomic E-state index is 12.2. The highest BCUT2D eigenvalue weighted by Gasteiger charge is 2.28. The first-order valence-electron chi connectivity index (χ1n) is 8.12. The number of hydrogen-bond donors (Lipinski definition) is 1. The molecule has 0 saturated carbocycles. The van der Waals surface area contributed by atoms with Crippen LogP contribution < -0.4 is 10.4 Å². The van der Waals surface area contributed by atoms with Crippen molar-refractivity contribution in [3.8, 4) is 6.01 Å². The molecule has 0 saturated heterocycles. The second-order valence-electron chi connectivity index (χ2n) is 5.80. The lowest BCUT2D eigenvalue weighted by Crippen LogP contribution is -2.19. The maximum Gasteiger partial charge on any atom is 0.522 e. The third-order valence-electron chi connectivity index (χ3n) is 3.77. The number of aromatic nitrogens is 4. The molecule has 0 fully saturated rings. The van der Waals surface area contributed by atoms with Gasteiger partial charge in [-0.05, 0) is 12.5 Å². The first kappa shape index (κ1) is 19.5. The van der Waals surface area contributed by atoms with Gasteiger partial charge in [-0.3, -0.25) is 14.1 Å². The van der Waals surface area contributed by atoms with Crippen LogP contribution in [0.15, 0.2) is 35.3 Å². The minimum atomic E-state index is -4.74. The zero-order valence-electron chi connectivity index (χ0n) is 14.6. The van der Waals surface area contributed by atoms with Crippen molar-refractivity contribution in [1.82, 2.24) is 19.5 Å². The number of Topliss-reactive ketones (excluding diaryl/α,β-unsaturated/α-hetero) is 1. The van der Waals surface area contributed by atoms with E-state index in [0.29, 0.717) is 11.1 Å². The number of ketones is 1. The van der Waals surface area contributed by atoms with E-state index in [0.717, 1.165) is 5.56 Å². The molecular formula is C17H15F3N4O4. The molecule has 8 nitrogen and oxygen atoms in total. The Bertz CT molecular complexity index is 1040. The van der Waals surface area contributed by atoms with Crippen LogP contribution in [-0.4, -0.2) is 44.9 Å². The van der Waals surface area contributed by atoms with E-state index in [2.05, 4.69) is 19.7 Å². The molecule has 0 radical (unpaired) electrons. The van der Waals surface area contributed by atoms with Crippen molar-refractivity contribution in [3.05, 3.63) is 52.1 Å². The van der Waals surface area contributed by atoms with Gasteiger partial charge in [0.05, 0.1) is 19.3 Å². The second kappa shape index (κ2) is 7.80. The van der Waals surface area contributed by atoms with Crippen LogP contribution in [0, 0.1) is 0 Å². The number of H-pyrrole nitrogens is 1. The lowest BCUT2D eigenvalue weighted by Gasteiger charge is -2.08. The van der Waals surface area contributed by atoms with Gasteiger partial charge in [-0.1, -0.05) is 24.3 Å². The molecule has 2 heterocycles. The van der Waals surface area contributed by atoms with E-state index in [1.165, 1.54) is 17.7 Å². The molecule has 3 rings (SSSR count). The smallest absolute Gasteiger partial charge is 0.461 e. The number of rotatable bonds is 7. The van der Waals surface area contributed by atoms with Gasteiger partial charge in [0.2, 0.25) is 0 Å². The summed E-state index contributed by atoms with van der Waals surface area (Å²) in [7, 11) is 0. The zero-order valence-corrected chi connectivity index (χ0v) is 14.6. The predicted octanol–water partition coefficient (Wildman–Crippen LogP) is 2.29. The Morgan fingerprint density at radius 3 is 2.57 bits per heavy atom. The minimum Gasteiger partial charge on any atom is -0.461 e. The third kappa shape index (κ3) is 4.74. The van der Waals surface area contributed by atoms with Crippen LogP contribution in [0.1, 0.15) is 22.8 Å². The van der Waals surface area contributed by atoms with E-state index in [4.69, 9.17) is 4.74 Å². The first-order chi connectivity index (χ1) is 13.2. The van der Waals surface area contributed by atoms with Crippen molar-refractivity contribution >= 4 is 16.9 Å². The molecule has 0 atom stereocenters. The summed E-state index contributed by atoms with van der Waals surface area (Å²) in [5.74, 6) is -0.0696. The summed E-state index contributed by atoms with van der Waals surface area (Å²) in [5.41, 5.74) is 1.46. The monoisotopic (exact) mass is 396 g/mol. The topological polar surface area (TPSA) is 99.1 Å². The summed E-state index contributed by atoms with van der Waals surface area (Å²) in [6.45, 7) is 0.502. The Kier molecular flexibility index (Phi) is 5.45. The van der Waals surface area contributed by atoms with E-state index < -0.39 is 25.3 Å². The van der Waals surface area contributed by atoms with Gasteiger partial charge in [-0.2, -0.15) is 4.98 Å². The Balaban J connectivity index is 1.77. The van der Waals surface area contributed by atoms with Crippen LogP contribution in [0.5, 0.6) is 6.01 Å². The quantitative estimate of drug-likeness (QED) is 0.486. The highest BCUT2D eigenvalue weighted by atomic mass is 19.4. The van der Waals surface area contributed by atoms with Gasteiger partial charge < -0.3 is 9.72 Å². The van der Waals surface area contributed by atoms with Crippen molar-refractivity contribution in [2.75, 3.05) is 13.2 Å². The number of nitrogens with one attached hydrogen (secondary N) is 1. The molecule has 0 amide bonds. The van der Waals surface area contributed by atoms with Crippen molar-refractivity contribution in [1.29, 1.82) is 0 Å². The fourth-order valence-corrected chi connectivity index (χ4v) is 2.46. The van der Waals surface area contributed by atoms with Crippen molar-refractivity contribution < 1.29 is 27.4 Å². The number of nitrogens with zero attached hydrogens (tertiary/aromatic N) is 3. The molecule has 0 aliphatic heterocycles. The van der Waals surface area contributed by atoms with E-state index in [9.17, 15) is 22.8 Å². The molecule has 148 valence electrons. The summed E-state index contributed by atoms with van der Waals surface area (Å²) in [6.07, 6.45) is -3.44. The normalized spacial score (nSPS) is 11.7. The van der Waals surface area contributed by atoms with Gasteiger partial charge in [0.15, 0.2) is 11.4 Å². The van der Waals surface area contributed by atoms with Crippen LogP contribution in [0.3, 0.4) is 0 Å². The lowest BCUT2D eigenvalue weighted by molar-refractivity contribution is -0.325. The highest BCUT2D eigenvalue weighted by molar-refractivity contribution is 5.94. The van der Waals surface area contributed by atoms with Gasteiger partial charge >= 0.3 is 18.1 Å². The zero-order chi connectivity index (χ0) is 20.3. The minimum absolute atomic E-state index is 0.0696. The second-order valence-corrected chi connectivity index (χ2v) is 5.80. The van der Waals surface area contributed by atoms with E-state index in [1.807, 2.05) is 0 Å². The summed E-state index contributed by atoms with van der Waals surface area (Å²) in [6, 6.07) is 6.56. The molecule has 0 bridgehead atoms. The van der Waals surface area contributed by atoms with E-state index in [1.54, 1.807) is 24.3 Å². The van der Waals surface area contributed by atoms with E-state index in [-0.39, 0.29) is 24.0 Å². The standard InChI is InChI=1S/C17H15F3N4O4/c1-10(25)12-4-2-11(3-5-12)9-24-14-13(22-16(24)26)8-21-15(23-14)27-6-7-28-17(18,19)20/h2-5,8H,6-7,9H2,1H3,(H,22,26). The SMILES string of the molecule is CC(=O)c1ccc(Cn2c(=O)[nH]c3cnc(OCCOC(F)(F)F)nc32)cc1. The number of alkyl halides is 3. The highest BCUT2D eigenvalue weighted by Crippen LogP contribution is 2.16. The van der Waals surface area contributed by atoms with Crippen LogP contribution in [0.25, 0.3) is 11.2 Å². The number of halogens is 3. The number of ether oxygens (including phenoxy) is 2. The molecule has 1 N–H and O–H groups in total. The van der Waals surface area contributed by atoms with Crippen LogP contribution >= 0.6 is 0 Å². The van der Waals surface area contributed by atoms with Gasteiger partial charge in [-0.15, -0.1) is 13.2 Å². The van der Waals surface area contributed by atoms with Gasteiger partial charge in [0.1, 0.15) is 12.1 Å². The number of benzene rings is 1. The average Bonchev–Trinajstić information content (AvgIpc) is 2.93.